The van der Waals surface area contributed by atoms with Crippen molar-refractivity contribution >= 4 is 31.7 Å². The molecule has 0 radical (unpaired) electrons. The standard InChI is InChI=1S/C13H16BrNO4S/c1-19-10-2-3-12(14)11(6-10)13(16)15-7-9-4-5-20(17,18)8-9/h2-3,6,9H,4-5,7-8H2,1H3,(H,15,16). The number of methoxy groups -OCH3 is 1. The van der Waals surface area contributed by atoms with Gasteiger partial charge in [-0.1, -0.05) is 0 Å². The smallest absolute Gasteiger partial charge is 0.252 e. The minimum atomic E-state index is -2.91. The highest BCUT2D eigenvalue weighted by Gasteiger charge is 2.28. The number of carbonyl (C=O) groups excluding carboxylic acids is 1. The predicted molar refractivity (Wildman–Crippen MR) is 79.8 cm³/mol. The Hall–Kier alpha value is -1.08. The maximum Gasteiger partial charge on any atom is 0.252 e. The Labute approximate surface area is 126 Å². The summed E-state index contributed by atoms with van der Waals surface area (Å²) in [7, 11) is -1.37. The molecule has 0 spiro atoms. The number of hydrogen-bond donors (Lipinski definition) is 1. The first-order valence-electron chi connectivity index (χ1n) is 6.23. The SMILES string of the molecule is COc1ccc(Br)c(C(=O)NCC2CCS(=O)(=O)C2)c1. The Balaban J connectivity index is 1.99. The quantitative estimate of drug-likeness (QED) is 0.884. The first kappa shape index (κ1) is 15.3. The molecule has 1 saturated heterocycles. The molecule has 1 heterocycles. The highest BCUT2D eigenvalue weighted by molar-refractivity contribution is 9.10. The van der Waals surface area contributed by atoms with Gasteiger partial charge in [0.2, 0.25) is 0 Å². The van der Waals surface area contributed by atoms with Crippen molar-refractivity contribution in [1.82, 2.24) is 5.32 Å². The van der Waals surface area contributed by atoms with Crippen LogP contribution in [0.1, 0.15) is 16.8 Å². The van der Waals surface area contributed by atoms with E-state index in [1.807, 2.05) is 0 Å². The Bertz CT molecular complexity index is 615. The van der Waals surface area contributed by atoms with Crippen molar-refractivity contribution in [2.45, 2.75) is 6.42 Å². The zero-order chi connectivity index (χ0) is 14.8. The highest BCUT2D eigenvalue weighted by atomic mass is 79.9. The van der Waals surface area contributed by atoms with Gasteiger partial charge in [0, 0.05) is 11.0 Å². The lowest BCUT2D eigenvalue weighted by atomic mass is 10.1. The minimum Gasteiger partial charge on any atom is -0.497 e. The summed E-state index contributed by atoms with van der Waals surface area (Å²) in [6.45, 7) is 0.377. The number of halogens is 1. The van der Waals surface area contributed by atoms with Gasteiger partial charge in [-0.25, -0.2) is 8.42 Å². The lowest BCUT2D eigenvalue weighted by Crippen LogP contribution is -2.30. The predicted octanol–water partition coefficient (Wildman–Crippen LogP) is 1.62. The second-order valence-electron chi connectivity index (χ2n) is 4.82. The van der Waals surface area contributed by atoms with Gasteiger partial charge in [-0.2, -0.15) is 0 Å². The average molecular weight is 362 g/mol. The van der Waals surface area contributed by atoms with Crippen molar-refractivity contribution in [1.29, 1.82) is 0 Å². The normalized spacial score (nSPS) is 20.6. The van der Waals surface area contributed by atoms with Gasteiger partial charge < -0.3 is 10.1 Å². The molecule has 20 heavy (non-hydrogen) atoms. The van der Waals surface area contributed by atoms with Gasteiger partial charge in [0.25, 0.3) is 5.91 Å². The molecular formula is C13H16BrNO4S. The van der Waals surface area contributed by atoms with Crippen molar-refractivity contribution in [3.8, 4) is 5.75 Å². The minimum absolute atomic E-state index is 0.00772. The van der Waals surface area contributed by atoms with Crippen LogP contribution in [0, 0.1) is 5.92 Å². The van der Waals surface area contributed by atoms with Crippen LogP contribution >= 0.6 is 15.9 Å². The molecule has 0 saturated carbocycles. The Morgan fingerprint density at radius 3 is 2.85 bits per heavy atom. The van der Waals surface area contributed by atoms with Crippen LogP contribution in [0.15, 0.2) is 22.7 Å². The van der Waals surface area contributed by atoms with E-state index >= 15 is 0 Å². The van der Waals surface area contributed by atoms with E-state index in [0.29, 0.717) is 28.8 Å². The summed E-state index contributed by atoms with van der Waals surface area (Å²) in [6.07, 6.45) is 0.613. The fourth-order valence-electron chi connectivity index (χ4n) is 2.17. The molecule has 0 aliphatic carbocycles. The number of carbonyl (C=O) groups is 1. The molecule has 1 aliphatic rings. The van der Waals surface area contributed by atoms with Gasteiger partial charge in [-0.05, 0) is 46.5 Å². The van der Waals surface area contributed by atoms with E-state index < -0.39 is 9.84 Å². The highest BCUT2D eigenvalue weighted by Crippen LogP contribution is 2.23. The number of rotatable bonds is 4. The molecule has 1 fully saturated rings. The topological polar surface area (TPSA) is 72.5 Å². The van der Waals surface area contributed by atoms with Crippen LogP contribution in [0.4, 0.5) is 0 Å². The zero-order valence-corrected chi connectivity index (χ0v) is 13.5. The van der Waals surface area contributed by atoms with Crippen LogP contribution in [0.25, 0.3) is 0 Å². The van der Waals surface area contributed by atoms with Crippen molar-refractivity contribution < 1.29 is 17.9 Å². The van der Waals surface area contributed by atoms with E-state index in [-0.39, 0.29) is 23.3 Å². The maximum atomic E-state index is 12.1. The van der Waals surface area contributed by atoms with Gasteiger partial charge in [0.05, 0.1) is 24.2 Å². The molecule has 1 aromatic carbocycles. The van der Waals surface area contributed by atoms with Gasteiger partial charge in [0.1, 0.15) is 5.75 Å². The molecule has 1 aliphatic heterocycles. The molecule has 1 aromatic rings. The van der Waals surface area contributed by atoms with Gasteiger partial charge >= 0.3 is 0 Å². The van der Waals surface area contributed by atoms with Crippen molar-refractivity contribution in [2.75, 3.05) is 25.2 Å². The number of sulfone groups is 1. The van der Waals surface area contributed by atoms with Crippen LogP contribution in [-0.4, -0.2) is 39.5 Å². The first-order chi connectivity index (χ1) is 9.41. The molecule has 1 unspecified atom stereocenters. The second-order valence-corrected chi connectivity index (χ2v) is 7.91. The third-order valence-electron chi connectivity index (χ3n) is 3.30. The van der Waals surface area contributed by atoms with E-state index in [4.69, 9.17) is 4.74 Å². The fourth-order valence-corrected chi connectivity index (χ4v) is 4.46. The number of hydrogen-bond acceptors (Lipinski definition) is 4. The molecule has 0 bridgehead atoms. The van der Waals surface area contributed by atoms with Crippen LogP contribution in [0.3, 0.4) is 0 Å². The molecule has 1 N–H and O–H groups in total. The number of ether oxygens (including phenoxy) is 1. The van der Waals surface area contributed by atoms with E-state index in [9.17, 15) is 13.2 Å². The molecule has 1 amide bonds. The fraction of sp³-hybridized carbons (Fsp3) is 0.462. The molecule has 7 heteroatoms. The molecule has 5 nitrogen and oxygen atoms in total. The summed E-state index contributed by atoms with van der Waals surface area (Å²) in [4.78, 5) is 12.1. The summed E-state index contributed by atoms with van der Waals surface area (Å²) in [5.41, 5.74) is 0.477. The summed E-state index contributed by atoms with van der Waals surface area (Å²) >= 11 is 3.32. The summed E-state index contributed by atoms with van der Waals surface area (Å²) in [5.74, 6) is 0.748. The van der Waals surface area contributed by atoms with E-state index in [0.717, 1.165) is 0 Å². The third-order valence-corrected chi connectivity index (χ3v) is 5.82. The average Bonchev–Trinajstić information content (AvgIpc) is 2.76. The summed E-state index contributed by atoms with van der Waals surface area (Å²) in [5, 5.41) is 2.78. The third kappa shape index (κ3) is 3.73. The van der Waals surface area contributed by atoms with Crippen LogP contribution < -0.4 is 10.1 Å². The largest absolute Gasteiger partial charge is 0.497 e. The number of amides is 1. The van der Waals surface area contributed by atoms with E-state index in [1.165, 1.54) is 7.11 Å². The second kappa shape index (κ2) is 6.13. The molecule has 1 atom stereocenters. The van der Waals surface area contributed by atoms with Crippen LogP contribution in [-0.2, 0) is 9.84 Å². The van der Waals surface area contributed by atoms with Crippen LogP contribution in [0.2, 0.25) is 0 Å². The monoisotopic (exact) mass is 361 g/mol. The number of nitrogens with one attached hydrogen (secondary N) is 1. The molecule has 2 rings (SSSR count). The zero-order valence-electron chi connectivity index (χ0n) is 11.1. The summed E-state index contributed by atoms with van der Waals surface area (Å²) in [6, 6.07) is 5.14. The van der Waals surface area contributed by atoms with Crippen molar-refractivity contribution in [3.63, 3.8) is 0 Å². The summed E-state index contributed by atoms with van der Waals surface area (Å²) < 4.78 is 28.5. The van der Waals surface area contributed by atoms with Gasteiger partial charge in [-0.15, -0.1) is 0 Å². The van der Waals surface area contributed by atoms with Crippen molar-refractivity contribution in [2.24, 2.45) is 5.92 Å². The van der Waals surface area contributed by atoms with Gasteiger partial charge in [0.15, 0.2) is 9.84 Å². The Kier molecular flexibility index (Phi) is 4.70. The van der Waals surface area contributed by atoms with E-state index in [2.05, 4.69) is 21.2 Å². The molecular weight excluding hydrogens is 346 g/mol. The first-order valence-corrected chi connectivity index (χ1v) is 8.85. The van der Waals surface area contributed by atoms with Crippen molar-refractivity contribution in [3.05, 3.63) is 28.2 Å². The Morgan fingerprint density at radius 1 is 1.50 bits per heavy atom. The van der Waals surface area contributed by atoms with Crippen LogP contribution in [0.5, 0.6) is 5.75 Å². The van der Waals surface area contributed by atoms with E-state index in [1.54, 1.807) is 18.2 Å². The maximum absolute atomic E-state index is 12.1. The molecule has 0 aromatic heterocycles. The van der Waals surface area contributed by atoms with Gasteiger partial charge in [-0.3, -0.25) is 4.79 Å². The molecule has 110 valence electrons. The Morgan fingerprint density at radius 2 is 2.25 bits per heavy atom. The number of benzene rings is 1. The lowest BCUT2D eigenvalue weighted by Gasteiger charge is -2.11. The lowest BCUT2D eigenvalue weighted by molar-refractivity contribution is 0.0947.